The molecule has 4 nitrogen and oxygen atoms in total. The molecule has 0 radical (unpaired) electrons. The fourth-order valence-corrected chi connectivity index (χ4v) is 5.89. The van der Waals surface area contributed by atoms with Gasteiger partial charge in [-0.05, 0) is 74.0 Å². The number of carbonyl (C=O) groups excluding carboxylic acids is 2. The lowest BCUT2D eigenvalue weighted by Gasteiger charge is -2.37. The van der Waals surface area contributed by atoms with Crippen molar-refractivity contribution in [2.75, 3.05) is 0 Å². The SMILES string of the molecule is CC(C)[C@H]1CC[C@@H](C)C[C@H]1OC(=O)C1=CCC(C(=O)O[C@@H]2C[C@H](C)CC[C@@H]2C(C)C)=CC1. The van der Waals surface area contributed by atoms with Crippen molar-refractivity contribution in [2.24, 2.45) is 35.5 Å². The molecule has 0 saturated heterocycles. The van der Waals surface area contributed by atoms with E-state index in [1.165, 1.54) is 12.8 Å². The number of hydrogen-bond acceptors (Lipinski definition) is 4. The Hall–Kier alpha value is -1.58. The van der Waals surface area contributed by atoms with Gasteiger partial charge in [-0.1, -0.05) is 66.5 Å². The first-order chi connectivity index (χ1) is 15.2. The summed E-state index contributed by atoms with van der Waals surface area (Å²) in [6, 6.07) is 0. The number of rotatable bonds is 6. The molecular weight excluding hydrogens is 400 g/mol. The normalized spacial score (nSPS) is 33.5. The first-order valence-electron chi connectivity index (χ1n) is 13.0. The molecule has 2 fully saturated rings. The lowest BCUT2D eigenvalue weighted by Crippen LogP contribution is -2.36. The Labute approximate surface area is 195 Å². The van der Waals surface area contributed by atoms with E-state index in [1.54, 1.807) is 0 Å². The average Bonchev–Trinajstić information content (AvgIpc) is 2.73. The van der Waals surface area contributed by atoms with Crippen LogP contribution in [-0.2, 0) is 19.1 Å². The summed E-state index contributed by atoms with van der Waals surface area (Å²) in [5, 5.41) is 0. The van der Waals surface area contributed by atoms with Gasteiger partial charge in [0.1, 0.15) is 12.2 Å². The van der Waals surface area contributed by atoms with Gasteiger partial charge in [-0.25, -0.2) is 9.59 Å². The Kier molecular flexibility index (Phi) is 8.63. The molecule has 0 aromatic heterocycles. The summed E-state index contributed by atoms with van der Waals surface area (Å²) in [5.74, 6) is 2.68. The van der Waals surface area contributed by atoms with E-state index in [0.717, 1.165) is 25.7 Å². The van der Waals surface area contributed by atoms with Gasteiger partial charge in [-0.15, -0.1) is 0 Å². The summed E-state index contributed by atoms with van der Waals surface area (Å²) in [5.41, 5.74) is 1.35. The van der Waals surface area contributed by atoms with E-state index in [-0.39, 0.29) is 24.1 Å². The first-order valence-corrected chi connectivity index (χ1v) is 13.0. The quantitative estimate of drug-likeness (QED) is 0.431. The third kappa shape index (κ3) is 6.26. The molecule has 0 aromatic carbocycles. The summed E-state index contributed by atoms with van der Waals surface area (Å²) in [6.07, 6.45) is 11.2. The predicted octanol–water partition coefficient (Wildman–Crippen LogP) is 6.64. The maximum atomic E-state index is 12.9. The van der Waals surface area contributed by atoms with E-state index in [4.69, 9.17) is 9.47 Å². The van der Waals surface area contributed by atoms with Gasteiger partial charge in [0.25, 0.3) is 0 Å². The van der Waals surface area contributed by atoms with Crippen LogP contribution in [0.15, 0.2) is 23.3 Å². The molecule has 0 aliphatic heterocycles. The van der Waals surface area contributed by atoms with E-state index >= 15 is 0 Å². The molecule has 0 spiro atoms. The van der Waals surface area contributed by atoms with Crippen LogP contribution in [0.3, 0.4) is 0 Å². The highest BCUT2D eigenvalue weighted by Crippen LogP contribution is 2.37. The zero-order valence-corrected chi connectivity index (χ0v) is 21.1. The van der Waals surface area contributed by atoms with Crippen molar-refractivity contribution in [3.63, 3.8) is 0 Å². The van der Waals surface area contributed by atoms with Crippen molar-refractivity contribution in [2.45, 2.75) is 105 Å². The van der Waals surface area contributed by atoms with Crippen LogP contribution in [0.5, 0.6) is 0 Å². The largest absolute Gasteiger partial charge is 0.459 e. The van der Waals surface area contributed by atoms with Crippen molar-refractivity contribution in [1.29, 1.82) is 0 Å². The van der Waals surface area contributed by atoms with Crippen molar-refractivity contribution in [1.82, 2.24) is 0 Å². The van der Waals surface area contributed by atoms with E-state index in [1.807, 2.05) is 12.2 Å². The van der Waals surface area contributed by atoms with Gasteiger partial charge in [-0.2, -0.15) is 0 Å². The van der Waals surface area contributed by atoms with Crippen LogP contribution < -0.4 is 0 Å². The zero-order chi connectivity index (χ0) is 23.4. The molecule has 3 aliphatic rings. The van der Waals surface area contributed by atoms with E-state index in [9.17, 15) is 9.59 Å². The maximum absolute atomic E-state index is 12.9. The lowest BCUT2D eigenvalue weighted by atomic mass is 9.75. The van der Waals surface area contributed by atoms with Gasteiger partial charge in [0.05, 0.1) is 0 Å². The minimum absolute atomic E-state index is 0.00347. The Bertz CT molecular complexity index is 670. The Morgan fingerprint density at radius 2 is 1.09 bits per heavy atom. The van der Waals surface area contributed by atoms with Gasteiger partial charge in [0.2, 0.25) is 0 Å². The second kappa shape index (κ2) is 11.0. The van der Waals surface area contributed by atoms with Gasteiger partial charge in [-0.3, -0.25) is 0 Å². The smallest absolute Gasteiger partial charge is 0.334 e. The molecular formula is C28H44O4. The fraction of sp³-hybridized carbons (Fsp3) is 0.786. The zero-order valence-electron chi connectivity index (χ0n) is 21.1. The highest BCUT2D eigenvalue weighted by atomic mass is 16.5. The molecule has 0 heterocycles. The van der Waals surface area contributed by atoms with Gasteiger partial charge < -0.3 is 9.47 Å². The second-order valence-electron chi connectivity index (χ2n) is 11.4. The average molecular weight is 445 g/mol. The topological polar surface area (TPSA) is 52.6 Å². The molecule has 0 aromatic rings. The van der Waals surface area contributed by atoms with E-state index < -0.39 is 0 Å². The van der Waals surface area contributed by atoms with Crippen LogP contribution in [0.4, 0.5) is 0 Å². The minimum atomic E-state index is -0.209. The predicted molar refractivity (Wildman–Crippen MR) is 128 cm³/mol. The summed E-state index contributed by atoms with van der Waals surface area (Å²) in [6.45, 7) is 13.4. The van der Waals surface area contributed by atoms with Gasteiger partial charge in [0, 0.05) is 11.1 Å². The molecule has 3 rings (SSSR count). The summed E-state index contributed by atoms with van der Waals surface area (Å²) < 4.78 is 12.0. The second-order valence-corrected chi connectivity index (χ2v) is 11.4. The number of hydrogen-bond donors (Lipinski definition) is 0. The molecule has 180 valence electrons. The van der Waals surface area contributed by atoms with E-state index in [0.29, 0.717) is 59.5 Å². The number of allylic oxidation sites excluding steroid dienone is 2. The molecule has 2 saturated carbocycles. The first kappa shape index (κ1) is 25.1. The molecule has 0 unspecified atom stereocenters. The van der Waals surface area contributed by atoms with Crippen LogP contribution in [-0.4, -0.2) is 24.1 Å². The van der Waals surface area contributed by atoms with E-state index in [2.05, 4.69) is 41.5 Å². The minimum Gasteiger partial charge on any atom is -0.459 e. The highest BCUT2D eigenvalue weighted by Gasteiger charge is 2.35. The Morgan fingerprint density at radius 3 is 1.41 bits per heavy atom. The van der Waals surface area contributed by atoms with Crippen LogP contribution in [0.25, 0.3) is 0 Å². The molecule has 0 bridgehead atoms. The Balaban J connectivity index is 1.55. The molecule has 32 heavy (non-hydrogen) atoms. The number of carbonyl (C=O) groups is 2. The fourth-order valence-electron chi connectivity index (χ4n) is 5.89. The van der Waals surface area contributed by atoms with Crippen molar-refractivity contribution >= 4 is 11.9 Å². The van der Waals surface area contributed by atoms with Crippen LogP contribution in [0.2, 0.25) is 0 Å². The van der Waals surface area contributed by atoms with Crippen LogP contribution >= 0.6 is 0 Å². The van der Waals surface area contributed by atoms with Gasteiger partial charge >= 0.3 is 11.9 Å². The monoisotopic (exact) mass is 444 g/mol. The lowest BCUT2D eigenvalue weighted by molar-refractivity contribution is -0.152. The van der Waals surface area contributed by atoms with Crippen LogP contribution in [0.1, 0.15) is 92.9 Å². The maximum Gasteiger partial charge on any atom is 0.334 e. The Morgan fingerprint density at radius 1 is 0.719 bits per heavy atom. The van der Waals surface area contributed by atoms with Crippen molar-refractivity contribution < 1.29 is 19.1 Å². The molecule has 4 heteroatoms. The third-order valence-corrected chi connectivity index (χ3v) is 8.10. The van der Waals surface area contributed by atoms with Gasteiger partial charge in [0.15, 0.2) is 0 Å². The summed E-state index contributed by atoms with van der Waals surface area (Å²) in [4.78, 5) is 25.7. The summed E-state index contributed by atoms with van der Waals surface area (Å²) >= 11 is 0. The number of ether oxygens (including phenoxy) is 2. The van der Waals surface area contributed by atoms with Crippen LogP contribution in [0, 0.1) is 35.5 Å². The summed E-state index contributed by atoms with van der Waals surface area (Å²) in [7, 11) is 0. The van der Waals surface area contributed by atoms with Crippen molar-refractivity contribution in [3.8, 4) is 0 Å². The van der Waals surface area contributed by atoms with Crippen molar-refractivity contribution in [3.05, 3.63) is 23.3 Å². The number of esters is 2. The molecule has 6 atom stereocenters. The highest BCUT2D eigenvalue weighted by molar-refractivity contribution is 5.93. The molecule has 3 aliphatic carbocycles. The standard InChI is InChI=1S/C28H44O4/c1-17(2)23-13-7-19(5)15-25(23)31-27(29)21-9-11-22(12-10-21)28(30)32-26-16-20(6)8-14-24(26)18(3)4/h9,12,17-20,23-26H,7-8,10-11,13-16H2,1-6H3/t19-,20-,23-,24-,25-,26-/m1/s1. The third-order valence-electron chi connectivity index (χ3n) is 8.10. The molecule has 0 amide bonds. The molecule has 0 N–H and O–H groups in total.